The van der Waals surface area contributed by atoms with E-state index in [1.807, 2.05) is 13.2 Å². The average molecular weight is 413 g/mol. The predicted octanol–water partition coefficient (Wildman–Crippen LogP) is 4.58. The largest absolute Gasteiger partial charge is 0.363 e. The number of carbonyl (C=O) groups is 1. The van der Waals surface area contributed by atoms with Gasteiger partial charge in [0.2, 0.25) is 0 Å². The second-order valence-electron chi connectivity index (χ2n) is 7.00. The Morgan fingerprint density at radius 1 is 1.32 bits per heavy atom. The fraction of sp³-hybridized carbons (Fsp3) is 0.381. The summed E-state index contributed by atoms with van der Waals surface area (Å²) in [7, 11) is 0. The van der Waals surface area contributed by atoms with Crippen molar-refractivity contribution >= 4 is 45.0 Å². The van der Waals surface area contributed by atoms with Crippen molar-refractivity contribution in [3.05, 3.63) is 52.2 Å². The Morgan fingerprint density at radius 2 is 2.18 bits per heavy atom. The van der Waals surface area contributed by atoms with Crippen LogP contribution in [-0.2, 0) is 6.42 Å². The van der Waals surface area contributed by atoms with Crippen LogP contribution in [0.5, 0.6) is 0 Å². The van der Waals surface area contributed by atoms with E-state index in [9.17, 15) is 4.79 Å². The van der Waals surface area contributed by atoms with Crippen molar-refractivity contribution in [2.45, 2.75) is 32.2 Å². The van der Waals surface area contributed by atoms with E-state index in [0.717, 1.165) is 51.5 Å². The Bertz CT molecular complexity index is 1000. The molecule has 0 fully saturated rings. The summed E-state index contributed by atoms with van der Waals surface area (Å²) < 4.78 is 0. The van der Waals surface area contributed by atoms with Gasteiger partial charge in [0.1, 0.15) is 17.0 Å². The first-order valence-corrected chi connectivity index (χ1v) is 11.8. The van der Waals surface area contributed by atoms with E-state index in [2.05, 4.69) is 44.9 Å². The molecule has 4 rings (SSSR count). The molecule has 3 aromatic rings. The van der Waals surface area contributed by atoms with Gasteiger partial charge in [-0.1, -0.05) is 24.3 Å². The Labute approximate surface area is 173 Å². The molecule has 1 amide bonds. The van der Waals surface area contributed by atoms with Gasteiger partial charge in [-0.15, -0.1) is 11.3 Å². The maximum Gasteiger partial charge on any atom is 0.261 e. The maximum absolute atomic E-state index is 12.6. The fourth-order valence-corrected chi connectivity index (χ4v) is 5.18. The summed E-state index contributed by atoms with van der Waals surface area (Å²) >= 11 is 3.16. The van der Waals surface area contributed by atoms with Crippen LogP contribution in [0.1, 0.15) is 45.2 Å². The third-order valence-electron chi connectivity index (χ3n) is 5.21. The molecule has 0 saturated heterocycles. The number of carbonyl (C=O) groups excluding carboxylic acids is 1. The zero-order valence-electron chi connectivity index (χ0n) is 16.1. The van der Waals surface area contributed by atoms with Crippen molar-refractivity contribution in [1.82, 2.24) is 15.3 Å². The average Bonchev–Trinajstić information content (AvgIpc) is 3.06. The second-order valence-corrected chi connectivity index (χ2v) is 8.98. The highest BCUT2D eigenvalue weighted by Gasteiger charge is 2.23. The summed E-state index contributed by atoms with van der Waals surface area (Å²) in [6.07, 6.45) is 6.99. The lowest BCUT2D eigenvalue weighted by Crippen LogP contribution is -2.25. The van der Waals surface area contributed by atoms with Gasteiger partial charge >= 0.3 is 0 Å². The predicted molar refractivity (Wildman–Crippen MR) is 119 cm³/mol. The van der Waals surface area contributed by atoms with Crippen molar-refractivity contribution in [3.8, 4) is 0 Å². The van der Waals surface area contributed by atoms with Crippen LogP contribution in [0.3, 0.4) is 0 Å². The van der Waals surface area contributed by atoms with Gasteiger partial charge in [-0.2, -0.15) is 11.8 Å². The van der Waals surface area contributed by atoms with Gasteiger partial charge in [-0.05, 0) is 49.1 Å². The molecule has 0 radical (unpaired) electrons. The third-order valence-corrected chi connectivity index (χ3v) is 7.02. The number of hydrogen-bond donors (Lipinski definition) is 2. The van der Waals surface area contributed by atoms with Gasteiger partial charge in [0, 0.05) is 12.3 Å². The number of anilines is 1. The van der Waals surface area contributed by atoms with Crippen molar-refractivity contribution in [1.29, 1.82) is 0 Å². The molecule has 1 aliphatic carbocycles. The van der Waals surface area contributed by atoms with Crippen LogP contribution in [0, 0.1) is 6.92 Å². The van der Waals surface area contributed by atoms with Gasteiger partial charge in [-0.25, -0.2) is 9.97 Å². The first-order chi connectivity index (χ1) is 13.7. The molecule has 146 valence electrons. The second kappa shape index (κ2) is 8.49. The molecule has 1 aliphatic rings. The van der Waals surface area contributed by atoms with Gasteiger partial charge in [0.25, 0.3) is 5.91 Å². The van der Waals surface area contributed by atoms with Crippen LogP contribution in [0.15, 0.2) is 30.6 Å². The lowest BCUT2D eigenvalue weighted by atomic mass is 9.87. The summed E-state index contributed by atoms with van der Waals surface area (Å²) in [6, 6.07) is 8.86. The standard InChI is InChI=1S/C21H24N4OS2/c1-13-17-19(25-16-9-5-7-14-6-3-4-8-15(14)16)23-12-24-21(17)28-18(13)20(26)22-10-11-27-2/h3-4,6,8,12,16H,5,7,9-11H2,1-2H3,(H,22,26)(H,23,24,25). The molecule has 0 spiro atoms. The minimum atomic E-state index is -0.0245. The number of aryl methyl sites for hydroxylation is 2. The SMILES string of the molecule is CSCCNC(=O)c1sc2ncnc(NC3CCCc4ccccc43)c2c1C. The zero-order valence-corrected chi connectivity index (χ0v) is 17.8. The van der Waals surface area contributed by atoms with Crippen molar-refractivity contribution in [2.75, 3.05) is 23.9 Å². The molecule has 28 heavy (non-hydrogen) atoms. The van der Waals surface area contributed by atoms with Gasteiger partial charge in [0.15, 0.2) is 0 Å². The zero-order chi connectivity index (χ0) is 19.5. The highest BCUT2D eigenvalue weighted by atomic mass is 32.2. The number of benzene rings is 1. The summed E-state index contributed by atoms with van der Waals surface area (Å²) in [5, 5.41) is 7.61. The van der Waals surface area contributed by atoms with E-state index < -0.39 is 0 Å². The minimum Gasteiger partial charge on any atom is -0.363 e. The van der Waals surface area contributed by atoms with E-state index in [-0.39, 0.29) is 11.9 Å². The number of nitrogens with zero attached hydrogens (tertiary/aromatic N) is 2. The Morgan fingerprint density at radius 3 is 3.04 bits per heavy atom. The van der Waals surface area contributed by atoms with Crippen molar-refractivity contribution < 1.29 is 4.79 Å². The van der Waals surface area contributed by atoms with Crippen LogP contribution in [0.4, 0.5) is 5.82 Å². The van der Waals surface area contributed by atoms with Crippen molar-refractivity contribution in [3.63, 3.8) is 0 Å². The van der Waals surface area contributed by atoms with Crippen LogP contribution < -0.4 is 10.6 Å². The highest BCUT2D eigenvalue weighted by molar-refractivity contribution is 7.98. The highest BCUT2D eigenvalue weighted by Crippen LogP contribution is 2.37. The van der Waals surface area contributed by atoms with Crippen LogP contribution in [-0.4, -0.2) is 34.4 Å². The monoisotopic (exact) mass is 412 g/mol. The lowest BCUT2D eigenvalue weighted by Gasteiger charge is -2.27. The fourth-order valence-electron chi connectivity index (χ4n) is 3.81. The smallest absolute Gasteiger partial charge is 0.261 e. The molecule has 2 N–H and O–H groups in total. The van der Waals surface area contributed by atoms with E-state index in [1.54, 1.807) is 18.1 Å². The van der Waals surface area contributed by atoms with Gasteiger partial charge < -0.3 is 10.6 Å². The van der Waals surface area contributed by atoms with Crippen LogP contribution in [0.25, 0.3) is 10.2 Å². The molecular weight excluding hydrogens is 388 g/mol. The summed E-state index contributed by atoms with van der Waals surface area (Å²) in [5.41, 5.74) is 3.71. The lowest BCUT2D eigenvalue weighted by molar-refractivity contribution is 0.0960. The molecule has 0 bridgehead atoms. The molecular formula is C21H24N4OS2. The molecule has 2 heterocycles. The van der Waals surface area contributed by atoms with Gasteiger partial charge in [0.05, 0.1) is 16.3 Å². The van der Waals surface area contributed by atoms with E-state index >= 15 is 0 Å². The minimum absolute atomic E-state index is 0.0245. The number of thiophene rings is 1. The summed E-state index contributed by atoms with van der Waals surface area (Å²) in [5.74, 6) is 1.70. The first-order valence-electron chi connectivity index (χ1n) is 9.54. The quantitative estimate of drug-likeness (QED) is 0.580. The molecule has 2 aromatic heterocycles. The van der Waals surface area contributed by atoms with Crippen LogP contribution >= 0.6 is 23.1 Å². The Hall–Kier alpha value is -2.12. The number of amides is 1. The number of fused-ring (bicyclic) bond motifs is 2. The normalized spacial score (nSPS) is 16.0. The van der Waals surface area contributed by atoms with E-state index in [0.29, 0.717) is 6.54 Å². The molecule has 0 saturated carbocycles. The number of aromatic nitrogens is 2. The number of nitrogens with one attached hydrogen (secondary N) is 2. The molecule has 1 aromatic carbocycles. The third kappa shape index (κ3) is 3.73. The summed E-state index contributed by atoms with van der Waals surface area (Å²) in [6.45, 7) is 2.66. The Balaban J connectivity index is 1.65. The Kier molecular flexibility index (Phi) is 5.82. The number of rotatable bonds is 6. The number of thioether (sulfide) groups is 1. The van der Waals surface area contributed by atoms with Gasteiger partial charge in [-0.3, -0.25) is 4.79 Å². The maximum atomic E-state index is 12.6. The first kappa shape index (κ1) is 19.2. The molecule has 1 unspecified atom stereocenters. The summed E-state index contributed by atoms with van der Waals surface area (Å²) in [4.78, 5) is 23.1. The molecule has 1 atom stereocenters. The number of hydrogen-bond acceptors (Lipinski definition) is 6. The topological polar surface area (TPSA) is 66.9 Å². The van der Waals surface area contributed by atoms with Crippen LogP contribution in [0.2, 0.25) is 0 Å². The molecule has 5 nitrogen and oxygen atoms in total. The van der Waals surface area contributed by atoms with E-state index in [1.165, 1.54) is 22.5 Å². The van der Waals surface area contributed by atoms with E-state index in [4.69, 9.17) is 0 Å². The van der Waals surface area contributed by atoms with Crippen molar-refractivity contribution in [2.24, 2.45) is 0 Å². The molecule has 7 heteroatoms. The molecule has 0 aliphatic heterocycles.